The molecule has 1 saturated heterocycles. The zero-order valence-corrected chi connectivity index (χ0v) is 9.77. The highest BCUT2D eigenvalue weighted by molar-refractivity contribution is 5.41. The summed E-state index contributed by atoms with van der Waals surface area (Å²) in [6.45, 7) is 5.44. The Balaban J connectivity index is 2.28. The summed E-state index contributed by atoms with van der Waals surface area (Å²) in [7, 11) is 0. The second kappa shape index (κ2) is 4.70. The van der Waals surface area contributed by atoms with E-state index >= 15 is 0 Å². The molecule has 16 heavy (non-hydrogen) atoms. The van der Waals surface area contributed by atoms with Crippen LogP contribution in [0.25, 0.3) is 0 Å². The number of aromatic nitrogens is 1. The molecule has 4 heteroatoms. The fraction of sp³-hybridized carbons (Fsp3) is 0.583. The van der Waals surface area contributed by atoms with E-state index in [-0.39, 0.29) is 17.6 Å². The monoisotopic (exact) mass is 222 g/mol. The lowest BCUT2D eigenvalue weighted by Crippen LogP contribution is -2.28. The SMILES string of the molecule is CC(C)Nc1cccn([C@@H]2CCOC2)c1=O. The molecule has 1 N–H and O–H groups in total. The number of rotatable bonds is 3. The zero-order valence-electron chi connectivity index (χ0n) is 9.77. The van der Waals surface area contributed by atoms with Crippen LogP contribution in [-0.2, 0) is 4.74 Å². The average molecular weight is 222 g/mol. The summed E-state index contributed by atoms with van der Waals surface area (Å²) in [5.41, 5.74) is 0.719. The molecular formula is C12H18N2O2. The minimum atomic E-state index is 0.0479. The van der Waals surface area contributed by atoms with Crippen molar-refractivity contribution in [1.29, 1.82) is 0 Å². The second-order valence-corrected chi connectivity index (χ2v) is 4.45. The Labute approximate surface area is 95.2 Å². The fourth-order valence-corrected chi connectivity index (χ4v) is 1.96. The van der Waals surface area contributed by atoms with E-state index in [9.17, 15) is 4.79 Å². The van der Waals surface area contributed by atoms with E-state index < -0.39 is 0 Å². The van der Waals surface area contributed by atoms with Gasteiger partial charge >= 0.3 is 0 Å². The Kier molecular flexibility index (Phi) is 3.29. The highest BCUT2D eigenvalue weighted by Gasteiger charge is 2.19. The van der Waals surface area contributed by atoms with Gasteiger partial charge in [0, 0.05) is 18.8 Å². The molecule has 0 radical (unpaired) electrons. The van der Waals surface area contributed by atoms with E-state index in [0.29, 0.717) is 12.3 Å². The first-order chi connectivity index (χ1) is 7.68. The smallest absolute Gasteiger partial charge is 0.274 e. The molecule has 0 amide bonds. The maximum absolute atomic E-state index is 12.1. The molecule has 0 unspecified atom stereocenters. The van der Waals surface area contributed by atoms with Gasteiger partial charge in [-0.15, -0.1) is 0 Å². The lowest BCUT2D eigenvalue weighted by atomic mass is 10.2. The number of nitrogens with one attached hydrogen (secondary N) is 1. The maximum atomic E-state index is 12.1. The predicted molar refractivity (Wildman–Crippen MR) is 63.9 cm³/mol. The largest absolute Gasteiger partial charge is 0.379 e. The van der Waals surface area contributed by atoms with Crippen molar-refractivity contribution in [2.45, 2.75) is 32.4 Å². The number of ether oxygens (including phenoxy) is 1. The van der Waals surface area contributed by atoms with Crippen molar-refractivity contribution in [3.8, 4) is 0 Å². The van der Waals surface area contributed by atoms with Crippen LogP contribution >= 0.6 is 0 Å². The molecular weight excluding hydrogens is 204 g/mol. The quantitative estimate of drug-likeness (QED) is 0.845. The van der Waals surface area contributed by atoms with E-state index in [1.807, 2.05) is 32.2 Å². The van der Waals surface area contributed by atoms with Crippen LogP contribution in [0.2, 0.25) is 0 Å². The molecule has 0 bridgehead atoms. The zero-order chi connectivity index (χ0) is 11.5. The predicted octanol–water partition coefficient (Wildman–Crippen LogP) is 1.63. The maximum Gasteiger partial charge on any atom is 0.274 e. The molecule has 1 aliphatic rings. The van der Waals surface area contributed by atoms with Crippen molar-refractivity contribution < 1.29 is 4.74 Å². The number of pyridine rings is 1. The molecule has 0 aliphatic carbocycles. The molecule has 1 aromatic heterocycles. The van der Waals surface area contributed by atoms with Crippen LogP contribution in [0.3, 0.4) is 0 Å². The molecule has 0 aromatic carbocycles. The average Bonchev–Trinajstić information content (AvgIpc) is 2.73. The van der Waals surface area contributed by atoms with Gasteiger partial charge < -0.3 is 14.6 Å². The summed E-state index contributed by atoms with van der Waals surface area (Å²) in [5.74, 6) is 0. The third kappa shape index (κ3) is 2.27. The van der Waals surface area contributed by atoms with Crippen molar-refractivity contribution in [2.75, 3.05) is 18.5 Å². The Morgan fingerprint density at radius 2 is 2.38 bits per heavy atom. The summed E-state index contributed by atoms with van der Waals surface area (Å²) in [6, 6.07) is 4.20. The second-order valence-electron chi connectivity index (χ2n) is 4.45. The van der Waals surface area contributed by atoms with Crippen LogP contribution in [0, 0.1) is 0 Å². The minimum absolute atomic E-state index is 0.0479. The van der Waals surface area contributed by atoms with Gasteiger partial charge in [0.15, 0.2) is 0 Å². The molecule has 88 valence electrons. The first kappa shape index (κ1) is 11.2. The van der Waals surface area contributed by atoms with Crippen LogP contribution in [0.4, 0.5) is 5.69 Å². The van der Waals surface area contributed by atoms with Gasteiger partial charge in [0.05, 0.1) is 12.6 Å². The topological polar surface area (TPSA) is 43.3 Å². The van der Waals surface area contributed by atoms with Crippen molar-refractivity contribution in [3.63, 3.8) is 0 Å². The summed E-state index contributed by atoms with van der Waals surface area (Å²) in [6.07, 6.45) is 2.76. The van der Waals surface area contributed by atoms with E-state index in [0.717, 1.165) is 13.0 Å². The van der Waals surface area contributed by atoms with E-state index in [1.54, 1.807) is 4.57 Å². The van der Waals surface area contributed by atoms with E-state index in [1.165, 1.54) is 0 Å². The van der Waals surface area contributed by atoms with Gasteiger partial charge in [-0.25, -0.2) is 0 Å². The highest BCUT2D eigenvalue weighted by atomic mass is 16.5. The lowest BCUT2D eigenvalue weighted by Gasteiger charge is -2.15. The standard InChI is InChI=1S/C12H18N2O2/c1-9(2)13-11-4-3-6-14(12(11)15)10-5-7-16-8-10/h3-4,6,9-10,13H,5,7-8H2,1-2H3/t10-/m1/s1. The summed E-state index contributed by atoms with van der Waals surface area (Å²) in [4.78, 5) is 12.1. The molecule has 1 fully saturated rings. The number of nitrogens with zero attached hydrogens (tertiary/aromatic N) is 1. The molecule has 0 spiro atoms. The van der Waals surface area contributed by atoms with Gasteiger partial charge in [-0.1, -0.05) is 0 Å². The van der Waals surface area contributed by atoms with Crippen LogP contribution in [0.15, 0.2) is 23.1 Å². The number of hydrogen-bond acceptors (Lipinski definition) is 3. The summed E-state index contributed by atoms with van der Waals surface area (Å²) < 4.78 is 7.08. The molecule has 1 aromatic rings. The molecule has 1 atom stereocenters. The highest BCUT2D eigenvalue weighted by Crippen LogP contribution is 2.17. The Morgan fingerprint density at radius 3 is 3.00 bits per heavy atom. The van der Waals surface area contributed by atoms with Gasteiger partial charge in [-0.2, -0.15) is 0 Å². The third-order valence-corrected chi connectivity index (χ3v) is 2.72. The molecule has 2 rings (SSSR count). The normalized spacial score (nSPS) is 20.3. The fourth-order valence-electron chi connectivity index (χ4n) is 1.96. The summed E-state index contributed by atoms with van der Waals surface area (Å²) in [5, 5.41) is 3.16. The molecule has 2 heterocycles. The lowest BCUT2D eigenvalue weighted by molar-refractivity contribution is 0.186. The molecule has 0 saturated carbocycles. The van der Waals surface area contributed by atoms with Gasteiger partial charge in [-0.3, -0.25) is 4.79 Å². The number of anilines is 1. The van der Waals surface area contributed by atoms with E-state index in [4.69, 9.17) is 4.74 Å². The first-order valence-electron chi connectivity index (χ1n) is 5.74. The molecule has 1 aliphatic heterocycles. The van der Waals surface area contributed by atoms with Crippen molar-refractivity contribution in [2.24, 2.45) is 0 Å². The van der Waals surface area contributed by atoms with Crippen LogP contribution in [0.5, 0.6) is 0 Å². The first-order valence-corrected chi connectivity index (χ1v) is 5.74. The third-order valence-electron chi connectivity index (χ3n) is 2.72. The Morgan fingerprint density at radius 1 is 1.56 bits per heavy atom. The van der Waals surface area contributed by atoms with Gasteiger partial charge in [0.1, 0.15) is 5.69 Å². The van der Waals surface area contributed by atoms with Crippen LogP contribution in [-0.4, -0.2) is 23.8 Å². The number of hydrogen-bond donors (Lipinski definition) is 1. The van der Waals surface area contributed by atoms with Crippen molar-refractivity contribution in [3.05, 3.63) is 28.7 Å². The Hall–Kier alpha value is -1.29. The summed E-state index contributed by atoms with van der Waals surface area (Å²) >= 11 is 0. The van der Waals surface area contributed by atoms with E-state index in [2.05, 4.69) is 5.32 Å². The van der Waals surface area contributed by atoms with Gasteiger partial charge in [0.25, 0.3) is 5.56 Å². The van der Waals surface area contributed by atoms with Gasteiger partial charge in [-0.05, 0) is 32.4 Å². The molecule has 4 nitrogen and oxygen atoms in total. The van der Waals surface area contributed by atoms with Crippen molar-refractivity contribution >= 4 is 5.69 Å². The van der Waals surface area contributed by atoms with Crippen LogP contribution in [0.1, 0.15) is 26.3 Å². The van der Waals surface area contributed by atoms with Crippen LogP contribution < -0.4 is 10.9 Å². The van der Waals surface area contributed by atoms with Gasteiger partial charge in [0.2, 0.25) is 0 Å². The Bertz CT molecular complexity index is 406. The minimum Gasteiger partial charge on any atom is -0.379 e. The van der Waals surface area contributed by atoms with Crippen molar-refractivity contribution in [1.82, 2.24) is 4.57 Å².